The van der Waals surface area contributed by atoms with E-state index in [0.29, 0.717) is 16.7 Å². The van der Waals surface area contributed by atoms with Crippen LogP contribution in [0.4, 0.5) is 8.78 Å². The Morgan fingerprint density at radius 1 is 1.16 bits per heavy atom. The number of carbonyl (C=O) groups is 1. The maximum absolute atomic E-state index is 15.2. The quantitative estimate of drug-likeness (QED) is 0.705. The highest BCUT2D eigenvalue weighted by molar-refractivity contribution is 6.08. The first-order valence-electron chi connectivity index (χ1n) is 9.36. The van der Waals surface area contributed by atoms with Crippen LogP contribution in [0.25, 0.3) is 11.1 Å². The van der Waals surface area contributed by atoms with Gasteiger partial charge in [0.05, 0.1) is 17.3 Å². The number of nitrogens with two attached hydrogens (primary N) is 1. The molecule has 3 aromatic rings. The Morgan fingerprint density at radius 2 is 1.94 bits per heavy atom. The van der Waals surface area contributed by atoms with Gasteiger partial charge < -0.3 is 5.73 Å². The van der Waals surface area contributed by atoms with Gasteiger partial charge in [0.25, 0.3) is 5.91 Å². The minimum absolute atomic E-state index is 0.0619. The van der Waals surface area contributed by atoms with E-state index in [-0.39, 0.29) is 22.8 Å². The van der Waals surface area contributed by atoms with Crippen molar-refractivity contribution in [2.75, 3.05) is 7.05 Å². The molecule has 6 nitrogen and oxygen atoms in total. The van der Waals surface area contributed by atoms with Crippen LogP contribution in [0.3, 0.4) is 0 Å². The Labute approximate surface area is 177 Å². The molecule has 1 atom stereocenters. The lowest BCUT2D eigenvalue weighted by atomic mass is 9.83. The summed E-state index contributed by atoms with van der Waals surface area (Å²) in [6.45, 7) is -0.779. The highest BCUT2D eigenvalue weighted by atomic mass is 19.1. The van der Waals surface area contributed by atoms with Crippen molar-refractivity contribution in [1.82, 2.24) is 9.88 Å². The number of nitriles is 1. The third kappa shape index (κ3) is 3.20. The fourth-order valence-electron chi connectivity index (χ4n) is 3.63. The number of hydrogen-bond donors (Lipinski definition) is 1. The Bertz CT molecular complexity index is 1270. The maximum atomic E-state index is 15.2. The maximum Gasteiger partial charge on any atom is 0.268 e. The fraction of sp³-hybridized carbons (Fsp3) is 0.130. The van der Waals surface area contributed by atoms with E-state index in [1.54, 1.807) is 30.3 Å². The van der Waals surface area contributed by atoms with Gasteiger partial charge in [-0.25, -0.2) is 13.8 Å². The van der Waals surface area contributed by atoms with Crippen molar-refractivity contribution in [3.05, 3.63) is 89.0 Å². The number of guanidine groups is 1. The van der Waals surface area contributed by atoms with Crippen LogP contribution in [0.5, 0.6) is 0 Å². The molecule has 1 aliphatic heterocycles. The zero-order chi connectivity index (χ0) is 22.2. The zero-order valence-corrected chi connectivity index (χ0v) is 16.5. The van der Waals surface area contributed by atoms with E-state index in [2.05, 4.69) is 16.0 Å². The number of aliphatic imine (C=N–C) groups is 1. The lowest BCUT2D eigenvalue weighted by Gasteiger charge is -2.26. The third-order valence-corrected chi connectivity index (χ3v) is 5.27. The summed E-state index contributed by atoms with van der Waals surface area (Å²) < 4.78 is 28.5. The number of nitrogens with zero attached hydrogens (tertiary/aromatic N) is 4. The topological polar surface area (TPSA) is 95.4 Å². The van der Waals surface area contributed by atoms with Gasteiger partial charge >= 0.3 is 0 Å². The summed E-state index contributed by atoms with van der Waals surface area (Å²) in [4.78, 5) is 23.0. The third-order valence-electron chi connectivity index (χ3n) is 5.27. The molecule has 2 heterocycles. The van der Waals surface area contributed by atoms with E-state index in [1.165, 1.54) is 37.5 Å². The Hall–Kier alpha value is -4.12. The van der Waals surface area contributed by atoms with Gasteiger partial charge in [-0.2, -0.15) is 5.26 Å². The van der Waals surface area contributed by atoms with Crippen molar-refractivity contribution in [3.8, 4) is 17.2 Å². The molecular formula is C23H17F2N5O. The second-order valence-electron chi connectivity index (χ2n) is 7.11. The van der Waals surface area contributed by atoms with Crippen LogP contribution < -0.4 is 5.73 Å². The number of alkyl halides is 1. The van der Waals surface area contributed by atoms with Gasteiger partial charge in [0.15, 0.2) is 5.96 Å². The van der Waals surface area contributed by atoms with E-state index in [0.717, 1.165) is 4.90 Å². The van der Waals surface area contributed by atoms with Gasteiger partial charge in [0, 0.05) is 18.8 Å². The zero-order valence-electron chi connectivity index (χ0n) is 16.5. The van der Waals surface area contributed by atoms with Crippen molar-refractivity contribution in [1.29, 1.82) is 5.26 Å². The first kappa shape index (κ1) is 20.2. The molecule has 1 aromatic heterocycles. The van der Waals surface area contributed by atoms with Crippen molar-refractivity contribution in [3.63, 3.8) is 0 Å². The first-order chi connectivity index (χ1) is 14.9. The summed E-state index contributed by atoms with van der Waals surface area (Å²) in [6, 6.07) is 16.0. The summed E-state index contributed by atoms with van der Waals surface area (Å²) in [7, 11) is 1.43. The second-order valence-corrected chi connectivity index (χ2v) is 7.11. The smallest absolute Gasteiger partial charge is 0.268 e. The van der Waals surface area contributed by atoms with Crippen LogP contribution in [0.15, 0.2) is 65.8 Å². The predicted molar refractivity (Wildman–Crippen MR) is 111 cm³/mol. The molecule has 0 spiro atoms. The molecule has 0 radical (unpaired) electrons. The summed E-state index contributed by atoms with van der Waals surface area (Å²) in [6.07, 6.45) is 1.35. The SMILES string of the molecule is CN1C(=O)C(c2cc(CF)ccn2)(c2cc(-c3cccc(C#N)c3)ccc2F)N=C1N. The van der Waals surface area contributed by atoms with E-state index in [9.17, 15) is 14.4 Å². The average Bonchev–Trinajstić information content (AvgIpc) is 3.04. The van der Waals surface area contributed by atoms with Gasteiger partial charge in [-0.3, -0.25) is 14.7 Å². The van der Waals surface area contributed by atoms with Gasteiger partial charge in [-0.15, -0.1) is 0 Å². The second kappa shape index (κ2) is 7.61. The van der Waals surface area contributed by atoms with Crippen LogP contribution in [0.2, 0.25) is 0 Å². The number of carbonyl (C=O) groups excluding carboxylic acids is 1. The van der Waals surface area contributed by atoms with Crippen molar-refractivity contribution < 1.29 is 13.6 Å². The minimum atomic E-state index is -1.89. The number of halogens is 2. The van der Waals surface area contributed by atoms with Crippen LogP contribution >= 0.6 is 0 Å². The molecule has 0 bridgehead atoms. The van der Waals surface area contributed by atoms with Crippen molar-refractivity contribution >= 4 is 11.9 Å². The largest absolute Gasteiger partial charge is 0.369 e. The lowest BCUT2D eigenvalue weighted by Crippen LogP contribution is -2.42. The van der Waals surface area contributed by atoms with Gasteiger partial charge in [0.2, 0.25) is 5.54 Å². The number of amides is 1. The molecule has 154 valence electrons. The van der Waals surface area contributed by atoms with Crippen LogP contribution in [-0.4, -0.2) is 28.8 Å². The molecule has 0 saturated carbocycles. The summed E-state index contributed by atoms with van der Waals surface area (Å²) in [5, 5.41) is 9.18. The summed E-state index contributed by atoms with van der Waals surface area (Å²) >= 11 is 0. The number of hydrogen-bond acceptors (Lipinski definition) is 5. The molecule has 4 rings (SSSR count). The number of rotatable bonds is 4. The van der Waals surface area contributed by atoms with E-state index < -0.39 is 23.9 Å². The molecule has 0 fully saturated rings. The van der Waals surface area contributed by atoms with E-state index in [1.807, 2.05) is 0 Å². The fourth-order valence-corrected chi connectivity index (χ4v) is 3.63. The van der Waals surface area contributed by atoms with Crippen LogP contribution in [0.1, 0.15) is 22.4 Å². The predicted octanol–water partition coefficient (Wildman–Crippen LogP) is 3.26. The Balaban J connectivity index is 1.99. The molecule has 0 aliphatic carbocycles. The Morgan fingerprint density at radius 3 is 2.61 bits per heavy atom. The molecule has 2 N–H and O–H groups in total. The summed E-state index contributed by atoms with van der Waals surface area (Å²) in [5.41, 5.74) is 5.99. The van der Waals surface area contributed by atoms with Crippen LogP contribution in [-0.2, 0) is 17.0 Å². The molecule has 31 heavy (non-hydrogen) atoms. The van der Waals surface area contributed by atoms with Gasteiger partial charge in [-0.1, -0.05) is 18.2 Å². The highest BCUT2D eigenvalue weighted by Crippen LogP contribution is 2.41. The minimum Gasteiger partial charge on any atom is -0.369 e. The molecule has 2 aromatic carbocycles. The standard InChI is InChI=1S/C23H17F2N5O/c1-30-21(31)23(29-22(30)27,20-10-14(12-24)7-8-28-20)18-11-17(5-6-19(18)25)16-4-2-3-15(9-16)13-26/h2-11H,12H2,1H3,(H2,27,29). The number of aromatic nitrogens is 1. The van der Waals surface area contributed by atoms with Crippen LogP contribution in [0, 0.1) is 17.1 Å². The average molecular weight is 417 g/mol. The molecule has 0 saturated heterocycles. The molecule has 1 aliphatic rings. The molecule has 1 amide bonds. The van der Waals surface area contributed by atoms with Crippen molar-refractivity contribution in [2.24, 2.45) is 10.7 Å². The highest BCUT2D eigenvalue weighted by Gasteiger charge is 2.52. The van der Waals surface area contributed by atoms with E-state index >= 15 is 4.39 Å². The van der Waals surface area contributed by atoms with E-state index in [4.69, 9.17) is 5.73 Å². The number of pyridine rings is 1. The molecule has 1 unspecified atom stereocenters. The normalized spacial score (nSPS) is 18.1. The van der Waals surface area contributed by atoms with Gasteiger partial charge in [0.1, 0.15) is 12.5 Å². The number of benzene rings is 2. The summed E-state index contributed by atoms with van der Waals surface area (Å²) in [5.74, 6) is -1.39. The van der Waals surface area contributed by atoms with Gasteiger partial charge in [-0.05, 0) is 53.1 Å². The number of likely N-dealkylation sites (N-methyl/N-ethyl adjacent to an activating group) is 1. The molecular weight excluding hydrogens is 400 g/mol. The first-order valence-corrected chi connectivity index (χ1v) is 9.36. The molecule has 8 heteroatoms. The monoisotopic (exact) mass is 417 g/mol. The lowest BCUT2D eigenvalue weighted by molar-refractivity contribution is -0.129. The van der Waals surface area contributed by atoms with Crippen molar-refractivity contribution in [2.45, 2.75) is 12.2 Å². The Kier molecular flexibility index (Phi) is 4.95.